The van der Waals surface area contributed by atoms with Gasteiger partial charge in [0, 0.05) is 10.0 Å². The quantitative estimate of drug-likeness (QED) is 0.723. The Morgan fingerprint density at radius 2 is 2.12 bits per heavy atom. The minimum Gasteiger partial charge on any atom is -0.397 e. The first kappa shape index (κ1) is 10.3. The standard InChI is InChI=1S/C12H9BrN4/c13-8-3-1-2-7(4-8)11-16-10-5-9(14)6-15-12(10)17-11/h1-6H,14H2,(H,15,16,17). The third-order valence-corrected chi connectivity index (χ3v) is 2.95. The maximum atomic E-state index is 5.68. The van der Waals surface area contributed by atoms with Crippen molar-refractivity contribution in [1.29, 1.82) is 0 Å². The first-order valence-electron chi connectivity index (χ1n) is 5.09. The first-order valence-corrected chi connectivity index (χ1v) is 5.89. The fourth-order valence-electron chi connectivity index (χ4n) is 1.69. The lowest BCUT2D eigenvalue weighted by Gasteiger charge is -1.96. The SMILES string of the molecule is Nc1cnc2nc(-c3cccc(Br)c3)[nH]c2c1. The fourth-order valence-corrected chi connectivity index (χ4v) is 2.09. The van der Waals surface area contributed by atoms with Gasteiger partial charge in [-0.15, -0.1) is 0 Å². The van der Waals surface area contributed by atoms with Crippen LogP contribution in [0, 0.1) is 0 Å². The summed E-state index contributed by atoms with van der Waals surface area (Å²) in [5, 5.41) is 0. The van der Waals surface area contributed by atoms with Gasteiger partial charge in [0.25, 0.3) is 0 Å². The molecule has 3 rings (SSSR count). The Labute approximate surface area is 106 Å². The van der Waals surface area contributed by atoms with Crippen LogP contribution in [0.3, 0.4) is 0 Å². The molecule has 3 aromatic rings. The minimum atomic E-state index is 0.627. The van der Waals surface area contributed by atoms with E-state index in [-0.39, 0.29) is 0 Å². The molecule has 5 heteroatoms. The van der Waals surface area contributed by atoms with Gasteiger partial charge >= 0.3 is 0 Å². The predicted molar refractivity (Wildman–Crippen MR) is 71.4 cm³/mol. The van der Waals surface area contributed by atoms with Gasteiger partial charge in [-0.3, -0.25) is 0 Å². The molecule has 0 unspecified atom stereocenters. The van der Waals surface area contributed by atoms with E-state index in [0.29, 0.717) is 11.3 Å². The zero-order valence-corrected chi connectivity index (χ0v) is 10.4. The molecule has 0 saturated heterocycles. The van der Waals surface area contributed by atoms with Crippen LogP contribution >= 0.6 is 15.9 Å². The van der Waals surface area contributed by atoms with E-state index in [1.807, 2.05) is 30.3 Å². The Hall–Kier alpha value is -1.88. The van der Waals surface area contributed by atoms with E-state index in [1.54, 1.807) is 6.20 Å². The molecular weight excluding hydrogens is 280 g/mol. The Kier molecular flexibility index (Phi) is 2.33. The van der Waals surface area contributed by atoms with Gasteiger partial charge in [-0.2, -0.15) is 0 Å². The normalized spacial score (nSPS) is 10.9. The third-order valence-electron chi connectivity index (χ3n) is 2.46. The molecule has 0 radical (unpaired) electrons. The Morgan fingerprint density at radius 1 is 1.24 bits per heavy atom. The molecule has 1 aromatic carbocycles. The summed E-state index contributed by atoms with van der Waals surface area (Å²) in [6, 6.07) is 9.76. The number of hydrogen-bond acceptors (Lipinski definition) is 3. The second-order valence-corrected chi connectivity index (χ2v) is 4.65. The zero-order valence-electron chi connectivity index (χ0n) is 8.81. The van der Waals surface area contributed by atoms with Crippen molar-refractivity contribution in [3.05, 3.63) is 41.0 Å². The summed E-state index contributed by atoms with van der Waals surface area (Å²) in [5.41, 5.74) is 8.84. The van der Waals surface area contributed by atoms with Gasteiger partial charge in [0.1, 0.15) is 5.82 Å². The van der Waals surface area contributed by atoms with Crippen molar-refractivity contribution in [2.45, 2.75) is 0 Å². The maximum Gasteiger partial charge on any atom is 0.178 e. The first-order chi connectivity index (χ1) is 8.22. The Bertz CT molecular complexity index is 690. The molecule has 0 bridgehead atoms. The fraction of sp³-hybridized carbons (Fsp3) is 0. The van der Waals surface area contributed by atoms with Crippen LogP contribution in [0.5, 0.6) is 0 Å². The number of anilines is 1. The molecule has 17 heavy (non-hydrogen) atoms. The number of imidazole rings is 1. The van der Waals surface area contributed by atoms with Crippen LogP contribution in [0.4, 0.5) is 5.69 Å². The van der Waals surface area contributed by atoms with Gasteiger partial charge in [-0.25, -0.2) is 9.97 Å². The summed E-state index contributed by atoms with van der Waals surface area (Å²) in [6.45, 7) is 0. The molecular formula is C12H9BrN4. The molecule has 0 atom stereocenters. The number of rotatable bonds is 1. The second kappa shape index (κ2) is 3.85. The summed E-state index contributed by atoms with van der Waals surface area (Å²) < 4.78 is 1.02. The van der Waals surface area contributed by atoms with Crippen LogP contribution in [-0.4, -0.2) is 15.0 Å². The molecule has 2 aromatic heterocycles. The number of H-pyrrole nitrogens is 1. The molecule has 2 heterocycles. The Morgan fingerprint density at radius 3 is 2.94 bits per heavy atom. The zero-order chi connectivity index (χ0) is 11.8. The summed E-state index contributed by atoms with van der Waals surface area (Å²) in [4.78, 5) is 11.8. The lowest BCUT2D eigenvalue weighted by molar-refractivity contribution is 1.30. The van der Waals surface area contributed by atoms with Gasteiger partial charge in [0.2, 0.25) is 0 Å². The average molecular weight is 289 g/mol. The van der Waals surface area contributed by atoms with Crippen LogP contribution in [0.1, 0.15) is 0 Å². The predicted octanol–water partition coefficient (Wildman–Crippen LogP) is 2.97. The van der Waals surface area contributed by atoms with Gasteiger partial charge in [0.05, 0.1) is 17.4 Å². The molecule has 0 aliphatic rings. The number of benzene rings is 1. The Balaban J connectivity index is 2.18. The highest BCUT2D eigenvalue weighted by Gasteiger charge is 2.06. The van der Waals surface area contributed by atoms with Crippen molar-refractivity contribution in [2.24, 2.45) is 0 Å². The van der Waals surface area contributed by atoms with Crippen LogP contribution in [-0.2, 0) is 0 Å². The number of aromatic amines is 1. The minimum absolute atomic E-state index is 0.627. The van der Waals surface area contributed by atoms with Gasteiger partial charge < -0.3 is 10.7 Å². The number of nitrogen functional groups attached to an aromatic ring is 1. The van der Waals surface area contributed by atoms with Crippen molar-refractivity contribution >= 4 is 32.8 Å². The molecule has 0 aliphatic heterocycles. The number of pyridine rings is 1. The highest BCUT2D eigenvalue weighted by molar-refractivity contribution is 9.10. The number of aromatic nitrogens is 3. The highest BCUT2D eigenvalue weighted by Crippen LogP contribution is 2.23. The van der Waals surface area contributed by atoms with E-state index in [0.717, 1.165) is 21.4 Å². The smallest absolute Gasteiger partial charge is 0.178 e. The number of nitrogens with zero attached hydrogens (tertiary/aromatic N) is 2. The van der Waals surface area contributed by atoms with Crippen LogP contribution in [0.15, 0.2) is 41.0 Å². The van der Waals surface area contributed by atoms with Crippen molar-refractivity contribution in [3.63, 3.8) is 0 Å². The van der Waals surface area contributed by atoms with Gasteiger partial charge in [-0.1, -0.05) is 28.1 Å². The van der Waals surface area contributed by atoms with E-state index in [2.05, 4.69) is 30.9 Å². The molecule has 4 nitrogen and oxygen atoms in total. The summed E-state index contributed by atoms with van der Waals surface area (Å²) in [7, 11) is 0. The summed E-state index contributed by atoms with van der Waals surface area (Å²) in [5.74, 6) is 0.791. The van der Waals surface area contributed by atoms with Crippen molar-refractivity contribution in [2.75, 3.05) is 5.73 Å². The second-order valence-electron chi connectivity index (χ2n) is 3.74. The largest absolute Gasteiger partial charge is 0.397 e. The summed E-state index contributed by atoms with van der Waals surface area (Å²) in [6.07, 6.45) is 1.61. The molecule has 0 amide bonds. The highest BCUT2D eigenvalue weighted by atomic mass is 79.9. The summed E-state index contributed by atoms with van der Waals surface area (Å²) >= 11 is 3.44. The van der Waals surface area contributed by atoms with Crippen LogP contribution < -0.4 is 5.73 Å². The monoisotopic (exact) mass is 288 g/mol. The average Bonchev–Trinajstić information content (AvgIpc) is 2.72. The number of halogens is 1. The van der Waals surface area contributed by atoms with Crippen LogP contribution in [0.2, 0.25) is 0 Å². The number of hydrogen-bond donors (Lipinski definition) is 2. The van der Waals surface area contributed by atoms with Crippen molar-refractivity contribution in [3.8, 4) is 11.4 Å². The molecule has 0 aliphatic carbocycles. The topological polar surface area (TPSA) is 67.6 Å². The number of fused-ring (bicyclic) bond motifs is 1. The molecule has 0 saturated carbocycles. The van der Waals surface area contributed by atoms with Crippen LogP contribution in [0.25, 0.3) is 22.6 Å². The van der Waals surface area contributed by atoms with E-state index in [1.165, 1.54) is 0 Å². The van der Waals surface area contributed by atoms with Gasteiger partial charge in [-0.05, 0) is 18.2 Å². The lowest BCUT2D eigenvalue weighted by atomic mass is 10.2. The van der Waals surface area contributed by atoms with Crippen molar-refractivity contribution in [1.82, 2.24) is 15.0 Å². The molecule has 0 fully saturated rings. The van der Waals surface area contributed by atoms with E-state index >= 15 is 0 Å². The van der Waals surface area contributed by atoms with E-state index < -0.39 is 0 Å². The molecule has 3 N–H and O–H groups in total. The number of nitrogens with one attached hydrogen (secondary N) is 1. The van der Waals surface area contributed by atoms with Gasteiger partial charge in [0.15, 0.2) is 5.65 Å². The van der Waals surface area contributed by atoms with Crippen molar-refractivity contribution < 1.29 is 0 Å². The molecule has 84 valence electrons. The maximum absolute atomic E-state index is 5.68. The lowest BCUT2D eigenvalue weighted by Crippen LogP contribution is -1.85. The van der Waals surface area contributed by atoms with E-state index in [9.17, 15) is 0 Å². The number of nitrogens with two attached hydrogens (primary N) is 1. The molecule has 0 spiro atoms. The van der Waals surface area contributed by atoms with E-state index in [4.69, 9.17) is 5.73 Å². The third kappa shape index (κ3) is 1.89.